The zero-order valence-electron chi connectivity index (χ0n) is 63.9. The molecule has 11 heteroatoms. The molecular formula is C108H66N8O3. The van der Waals surface area contributed by atoms with Gasteiger partial charge in [0.15, 0.2) is 46.1 Å². The molecule has 0 aliphatic rings. The van der Waals surface area contributed by atoms with E-state index in [9.17, 15) is 0 Å². The molecule has 0 N–H and O–H groups in total. The normalized spacial score (nSPS) is 11.5. The maximum Gasteiger partial charge on any atom is 0.164 e. The smallest absolute Gasteiger partial charge is 0.164 e. The predicted molar refractivity (Wildman–Crippen MR) is 483 cm³/mol. The van der Waals surface area contributed by atoms with Crippen molar-refractivity contribution in [2.24, 2.45) is 0 Å². The molecule has 23 rings (SSSR count). The molecule has 556 valence electrons. The molecule has 0 fully saturated rings. The van der Waals surface area contributed by atoms with Gasteiger partial charge in [-0.3, -0.25) is 0 Å². The van der Waals surface area contributed by atoms with Crippen LogP contribution in [0.3, 0.4) is 0 Å². The van der Waals surface area contributed by atoms with Gasteiger partial charge in [0.05, 0.1) is 11.0 Å². The number of fused-ring (bicyclic) bond motifs is 13. The van der Waals surface area contributed by atoms with Gasteiger partial charge in [0, 0.05) is 104 Å². The average molecular weight is 1520 g/mol. The zero-order valence-corrected chi connectivity index (χ0v) is 63.9. The van der Waals surface area contributed by atoms with E-state index >= 15 is 0 Å². The Morgan fingerprint density at radius 3 is 0.916 bits per heavy atom. The summed E-state index contributed by atoms with van der Waals surface area (Å²) >= 11 is 0. The molecule has 23 aromatic rings. The lowest BCUT2D eigenvalue weighted by Crippen LogP contribution is -2.00. The third-order valence-electron chi connectivity index (χ3n) is 22.3. The first-order valence-electron chi connectivity index (χ1n) is 39.7. The molecule has 0 aliphatic heterocycles. The van der Waals surface area contributed by atoms with Gasteiger partial charge >= 0.3 is 0 Å². The second-order valence-corrected chi connectivity index (χ2v) is 29.5. The number of pyridine rings is 2. The van der Waals surface area contributed by atoms with Crippen LogP contribution in [0.1, 0.15) is 0 Å². The molecule has 0 atom stereocenters. The molecule has 0 spiro atoms. The van der Waals surface area contributed by atoms with E-state index in [4.69, 9.17) is 53.1 Å². The van der Waals surface area contributed by atoms with E-state index in [1.807, 2.05) is 164 Å². The van der Waals surface area contributed by atoms with Crippen LogP contribution in [0.4, 0.5) is 0 Å². The molecule has 7 aromatic heterocycles. The molecule has 0 amide bonds. The molecule has 11 nitrogen and oxygen atoms in total. The molecule has 119 heavy (non-hydrogen) atoms. The number of para-hydroxylation sites is 6. The lowest BCUT2D eigenvalue weighted by molar-refractivity contribution is 0.668. The minimum absolute atomic E-state index is 0.611. The summed E-state index contributed by atoms with van der Waals surface area (Å²) in [5, 5.41) is 8.51. The van der Waals surface area contributed by atoms with Crippen LogP contribution in [0, 0.1) is 0 Å². The summed E-state index contributed by atoms with van der Waals surface area (Å²) in [6, 6.07) is 137. The Morgan fingerprint density at radius 1 is 0.151 bits per heavy atom. The van der Waals surface area contributed by atoms with Gasteiger partial charge in [0.1, 0.15) is 33.7 Å². The number of rotatable bonds is 13. The maximum atomic E-state index is 6.70. The van der Waals surface area contributed by atoms with E-state index in [0.29, 0.717) is 34.9 Å². The van der Waals surface area contributed by atoms with Crippen molar-refractivity contribution >= 4 is 87.6 Å². The standard InChI is InChI=1S/C54H32N4O2.C54H34N4O/c1-3-13-36(14-4-1)52-56-53(37-15-5-2-6-16-37)58-54(57-52)38-31-27-34(28-32-38)33-25-29-35(30-26-33)48-51-47(43-18-8-10-24-46(43)60-51)44-22-11-19-40(49(44)55-48)42-21-12-20-41-39-17-7-9-23-45(39)59-50(41)42;1-4-16-35(17-5-1)38-22-12-25-41(32-38)44-29-15-30-46-48-45-28-10-11-31-47(45)59-51(48)49(55-50(44)46)42-26-13-23-39(33-42)40-24-14-27-43(34-40)54-57-52(36-18-6-2-7-19-36)56-53(58-54)37-20-8-3-9-21-37/h1-32H;1-34H. The Kier molecular flexibility index (Phi) is 17.3. The molecule has 0 bridgehead atoms. The van der Waals surface area contributed by atoms with Crippen LogP contribution in [0.15, 0.2) is 414 Å². The van der Waals surface area contributed by atoms with E-state index < -0.39 is 0 Å². The van der Waals surface area contributed by atoms with Crippen LogP contribution >= 0.6 is 0 Å². The van der Waals surface area contributed by atoms with Crippen molar-refractivity contribution < 1.29 is 13.3 Å². The number of furan rings is 3. The summed E-state index contributed by atoms with van der Waals surface area (Å²) in [5.41, 5.74) is 26.6. The van der Waals surface area contributed by atoms with Crippen molar-refractivity contribution in [3.8, 4) is 146 Å². The molecule has 0 radical (unpaired) electrons. The summed E-state index contributed by atoms with van der Waals surface area (Å²) in [5.74, 6) is 3.77. The highest BCUT2D eigenvalue weighted by atomic mass is 16.3. The Hall–Kier alpha value is -16.2. The molecule has 0 saturated carbocycles. The second kappa shape index (κ2) is 29.6. The SMILES string of the molecule is c1ccc(-c2cccc(-c3cccc4c3nc(-c3cccc(-c5cccc(-c6nc(-c7ccccc7)nc(-c7ccccc7)n6)c5)c3)c3oc5ccccc5c34)c2)cc1.c1ccc(-c2nc(-c3ccccc3)nc(-c3ccc(-c4ccc(-c5nc6c(-c7cccc8c7oc7ccccc78)cccc6c6c5oc5ccccc56)cc4)cc3)n2)cc1. The quantitative estimate of drug-likeness (QED) is 0.109. The number of benzene rings is 16. The Balaban J connectivity index is 0.000000143. The second-order valence-electron chi connectivity index (χ2n) is 29.5. The minimum Gasteiger partial charge on any atom is -0.455 e. The van der Waals surface area contributed by atoms with E-state index in [0.717, 1.165) is 194 Å². The first-order valence-corrected chi connectivity index (χ1v) is 39.7. The lowest BCUT2D eigenvalue weighted by atomic mass is 9.94. The molecule has 7 heterocycles. The fourth-order valence-corrected chi connectivity index (χ4v) is 16.5. The first kappa shape index (κ1) is 69.5. The van der Waals surface area contributed by atoms with E-state index in [-0.39, 0.29) is 0 Å². The van der Waals surface area contributed by atoms with Gasteiger partial charge in [-0.25, -0.2) is 39.9 Å². The molecular weight excluding hydrogens is 1460 g/mol. The average Bonchev–Trinajstić information content (AvgIpc) is 1.57. The van der Waals surface area contributed by atoms with Crippen LogP contribution in [0.25, 0.3) is 234 Å². The van der Waals surface area contributed by atoms with Crippen molar-refractivity contribution in [3.63, 3.8) is 0 Å². The number of nitrogens with zero attached hydrogens (tertiary/aromatic N) is 8. The van der Waals surface area contributed by atoms with Gasteiger partial charge in [-0.2, -0.15) is 0 Å². The van der Waals surface area contributed by atoms with Gasteiger partial charge < -0.3 is 13.3 Å². The van der Waals surface area contributed by atoms with Crippen molar-refractivity contribution in [1.29, 1.82) is 0 Å². The van der Waals surface area contributed by atoms with Crippen molar-refractivity contribution in [2.75, 3.05) is 0 Å². The fourth-order valence-electron chi connectivity index (χ4n) is 16.5. The Labute approximate surface area is 683 Å². The van der Waals surface area contributed by atoms with E-state index in [2.05, 4.69) is 237 Å². The zero-order chi connectivity index (χ0) is 78.7. The highest BCUT2D eigenvalue weighted by molar-refractivity contribution is 6.25. The van der Waals surface area contributed by atoms with Gasteiger partial charge in [0.25, 0.3) is 0 Å². The molecule has 0 unspecified atom stereocenters. The third-order valence-corrected chi connectivity index (χ3v) is 22.3. The number of hydrogen-bond donors (Lipinski definition) is 0. The van der Waals surface area contributed by atoms with Crippen molar-refractivity contribution in [1.82, 2.24) is 39.9 Å². The fraction of sp³-hybridized carbons (Fsp3) is 0. The van der Waals surface area contributed by atoms with Crippen LogP contribution in [-0.4, -0.2) is 39.9 Å². The topological polar surface area (TPSA) is 143 Å². The maximum absolute atomic E-state index is 6.70. The van der Waals surface area contributed by atoms with Crippen LogP contribution < -0.4 is 0 Å². The van der Waals surface area contributed by atoms with Crippen molar-refractivity contribution in [3.05, 3.63) is 400 Å². The van der Waals surface area contributed by atoms with Gasteiger partial charge in [-0.15, -0.1) is 0 Å². The number of aromatic nitrogens is 8. The summed E-state index contributed by atoms with van der Waals surface area (Å²) in [6.45, 7) is 0. The predicted octanol–water partition coefficient (Wildman–Crippen LogP) is 28.2. The largest absolute Gasteiger partial charge is 0.455 e. The summed E-state index contributed by atoms with van der Waals surface area (Å²) < 4.78 is 19.9. The van der Waals surface area contributed by atoms with Gasteiger partial charge in [0.2, 0.25) is 0 Å². The lowest BCUT2D eigenvalue weighted by Gasteiger charge is -2.13. The summed E-state index contributed by atoms with van der Waals surface area (Å²) in [7, 11) is 0. The van der Waals surface area contributed by atoms with Crippen LogP contribution in [0.2, 0.25) is 0 Å². The van der Waals surface area contributed by atoms with Gasteiger partial charge in [-0.05, 0) is 75.3 Å². The minimum atomic E-state index is 0.611. The highest BCUT2D eigenvalue weighted by Gasteiger charge is 2.25. The van der Waals surface area contributed by atoms with Crippen LogP contribution in [-0.2, 0) is 0 Å². The molecule has 16 aromatic carbocycles. The van der Waals surface area contributed by atoms with E-state index in [1.165, 1.54) is 5.56 Å². The van der Waals surface area contributed by atoms with Crippen LogP contribution in [0.5, 0.6) is 0 Å². The number of hydrogen-bond acceptors (Lipinski definition) is 11. The molecule has 0 aliphatic carbocycles. The summed E-state index contributed by atoms with van der Waals surface area (Å²) in [4.78, 5) is 40.5. The summed E-state index contributed by atoms with van der Waals surface area (Å²) in [6.07, 6.45) is 0. The monoisotopic (exact) mass is 1520 g/mol. The Morgan fingerprint density at radius 2 is 0.429 bits per heavy atom. The highest BCUT2D eigenvalue weighted by Crippen LogP contribution is 2.47. The van der Waals surface area contributed by atoms with Crippen molar-refractivity contribution in [2.45, 2.75) is 0 Å². The Bertz CT molecular complexity index is 7710. The first-order chi connectivity index (χ1) is 59.0. The van der Waals surface area contributed by atoms with E-state index in [1.54, 1.807) is 0 Å². The van der Waals surface area contributed by atoms with Gasteiger partial charge in [-0.1, -0.05) is 364 Å². The third kappa shape index (κ3) is 12.8. The molecule has 0 saturated heterocycles.